The summed E-state index contributed by atoms with van der Waals surface area (Å²) >= 11 is 0. The summed E-state index contributed by atoms with van der Waals surface area (Å²) in [6, 6.07) is 3.56. The fraction of sp³-hybridized carbons (Fsp3) is 0.455. The molecule has 1 saturated heterocycles. The van der Waals surface area contributed by atoms with Gasteiger partial charge in [-0.15, -0.1) is 0 Å². The van der Waals surface area contributed by atoms with Gasteiger partial charge < -0.3 is 10.1 Å². The lowest BCUT2D eigenvalue weighted by Crippen LogP contribution is -2.16. The van der Waals surface area contributed by atoms with E-state index >= 15 is 0 Å². The summed E-state index contributed by atoms with van der Waals surface area (Å²) in [5, 5.41) is 18.9. The maximum Gasteiger partial charge on any atom is 0.293 e. The van der Waals surface area contributed by atoms with Crippen molar-refractivity contribution in [2.75, 3.05) is 25.1 Å². The smallest absolute Gasteiger partial charge is 0.293 e. The summed E-state index contributed by atoms with van der Waals surface area (Å²) in [6.45, 7) is 1.85. The Morgan fingerprint density at radius 3 is 2.80 bits per heavy atom. The molecule has 1 aromatic rings. The van der Waals surface area contributed by atoms with Crippen molar-refractivity contribution in [1.29, 1.82) is 0 Å². The SMILES string of the molecule is NS(=O)(=O)c1ccc(NC[C@H]2CCOC2)c([N+](=O)[O-])c1. The Labute approximate surface area is 116 Å². The first kappa shape index (κ1) is 14.7. The quantitative estimate of drug-likeness (QED) is 0.609. The van der Waals surface area contributed by atoms with Gasteiger partial charge in [-0.2, -0.15) is 0 Å². The van der Waals surface area contributed by atoms with Crippen molar-refractivity contribution in [3.63, 3.8) is 0 Å². The molecule has 0 saturated carbocycles. The van der Waals surface area contributed by atoms with Gasteiger partial charge in [0.25, 0.3) is 5.69 Å². The summed E-state index contributed by atoms with van der Waals surface area (Å²) in [4.78, 5) is 10.1. The Balaban J connectivity index is 2.21. The zero-order valence-corrected chi connectivity index (χ0v) is 11.4. The van der Waals surface area contributed by atoms with Crippen molar-refractivity contribution in [2.45, 2.75) is 11.3 Å². The van der Waals surface area contributed by atoms with Crippen LogP contribution in [0.1, 0.15) is 6.42 Å². The Morgan fingerprint density at radius 2 is 2.25 bits per heavy atom. The summed E-state index contributed by atoms with van der Waals surface area (Å²) in [5.74, 6) is 0.299. The molecule has 1 aliphatic rings. The van der Waals surface area contributed by atoms with Crippen LogP contribution < -0.4 is 10.5 Å². The van der Waals surface area contributed by atoms with Crippen molar-refractivity contribution in [2.24, 2.45) is 11.1 Å². The molecular weight excluding hydrogens is 286 g/mol. The minimum atomic E-state index is -3.96. The number of nitro groups is 1. The molecule has 3 N–H and O–H groups in total. The number of benzene rings is 1. The Hall–Kier alpha value is -1.71. The molecule has 0 aliphatic carbocycles. The molecular formula is C11H15N3O5S. The van der Waals surface area contributed by atoms with Crippen LogP contribution >= 0.6 is 0 Å². The second-order valence-corrected chi connectivity index (χ2v) is 6.15. The highest BCUT2D eigenvalue weighted by atomic mass is 32.2. The average Bonchev–Trinajstić information content (AvgIpc) is 2.88. The van der Waals surface area contributed by atoms with Crippen LogP contribution in [0.5, 0.6) is 0 Å². The predicted octanol–water partition coefficient (Wildman–Crippen LogP) is 0.691. The van der Waals surface area contributed by atoms with Crippen molar-refractivity contribution < 1.29 is 18.1 Å². The first-order valence-electron chi connectivity index (χ1n) is 6.01. The van der Waals surface area contributed by atoms with Gasteiger partial charge in [0.05, 0.1) is 16.4 Å². The summed E-state index contributed by atoms with van der Waals surface area (Å²) in [5.41, 5.74) is -0.0373. The highest BCUT2D eigenvalue weighted by molar-refractivity contribution is 7.89. The fourth-order valence-electron chi connectivity index (χ4n) is 1.99. The third kappa shape index (κ3) is 3.44. The maximum absolute atomic E-state index is 11.2. The zero-order valence-electron chi connectivity index (χ0n) is 10.6. The Morgan fingerprint density at radius 1 is 1.50 bits per heavy atom. The number of sulfonamides is 1. The molecule has 0 aromatic heterocycles. The molecule has 0 unspecified atom stereocenters. The highest BCUT2D eigenvalue weighted by Gasteiger charge is 2.21. The van der Waals surface area contributed by atoms with Crippen molar-refractivity contribution in [3.8, 4) is 0 Å². The maximum atomic E-state index is 11.2. The topological polar surface area (TPSA) is 125 Å². The number of nitrogens with two attached hydrogens (primary N) is 1. The van der Waals surface area contributed by atoms with Crippen LogP contribution in [0.4, 0.5) is 11.4 Å². The minimum absolute atomic E-state index is 0.273. The van der Waals surface area contributed by atoms with Crippen LogP contribution in [0, 0.1) is 16.0 Å². The number of primary sulfonamides is 1. The molecule has 9 heteroatoms. The minimum Gasteiger partial charge on any atom is -0.381 e. The Bertz CT molecular complexity index is 610. The van der Waals surface area contributed by atoms with Gasteiger partial charge in [-0.1, -0.05) is 0 Å². The van der Waals surface area contributed by atoms with Crippen LogP contribution in [0.25, 0.3) is 0 Å². The second kappa shape index (κ2) is 5.73. The number of anilines is 1. The monoisotopic (exact) mass is 301 g/mol. The van der Waals surface area contributed by atoms with Gasteiger partial charge in [0.1, 0.15) is 5.69 Å². The lowest BCUT2D eigenvalue weighted by atomic mass is 10.1. The molecule has 0 bridgehead atoms. The van der Waals surface area contributed by atoms with Gasteiger partial charge >= 0.3 is 0 Å². The third-order valence-corrected chi connectivity index (χ3v) is 4.01. The third-order valence-electron chi connectivity index (χ3n) is 3.10. The van der Waals surface area contributed by atoms with Crippen molar-refractivity contribution >= 4 is 21.4 Å². The summed E-state index contributed by atoms with van der Waals surface area (Å²) in [6.07, 6.45) is 0.899. The number of nitrogens with zero attached hydrogens (tertiary/aromatic N) is 1. The van der Waals surface area contributed by atoms with E-state index in [0.717, 1.165) is 12.5 Å². The average molecular weight is 301 g/mol. The molecule has 1 fully saturated rings. The van der Waals surface area contributed by atoms with E-state index in [4.69, 9.17) is 9.88 Å². The van der Waals surface area contributed by atoms with Crippen LogP contribution in [-0.4, -0.2) is 33.1 Å². The predicted molar refractivity (Wildman–Crippen MR) is 71.9 cm³/mol. The molecule has 110 valence electrons. The molecule has 0 amide bonds. The molecule has 0 radical (unpaired) electrons. The van der Waals surface area contributed by atoms with Gasteiger partial charge in [-0.3, -0.25) is 10.1 Å². The number of rotatable bonds is 5. The van der Waals surface area contributed by atoms with Crippen LogP contribution in [0.2, 0.25) is 0 Å². The standard InChI is InChI=1S/C11H15N3O5S/c12-20(17,18)9-1-2-10(11(5-9)14(15)16)13-6-8-3-4-19-7-8/h1-2,5,8,13H,3-4,6-7H2,(H2,12,17,18)/t8-/m1/s1. The molecule has 1 atom stereocenters. The first-order valence-corrected chi connectivity index (χ1v) is 7.55. The van der Waals surface area contributed by atoms with Crippen LogP contribution in [0.3, 0.4) is 0 Å². The fourth-order valence-corrected chi connectivity index (χ4v) is 2.52. The van der Waals surface area contributed by atoms with E-state index in [1.165, 1.54) is 12.1 Å². The molecule has 2 rings (SSSR count). The van der Waals surface area contributed by atoms with E-state index in [1.807, 2.05) is 0 Å². The van der Waals surface area contributed by atoms with Gasteiger partial charge in [0.15, 0.2) is 0 Å². The van der Waals surface area contributed by atoms with Crippen molar-refractivity contribution in [3.05, 3.63) is 28.3 Å². The normalized spacial score (nSPS) is 18.9. The van der Waals surface area contributed by atoms with Gasteiger partial charge in [-0.25, -0.2) is 13.6 Å². The number of nitro benzene ring substituents is 1. The van der Waals surface area contributed by atoms with E-state index in [9.17, 15) is 18.5 Å². The van der Waals surface area contributed by atoms with Gasteiger partial charge in [0.2, 0.25) is 10.0 Å². The molecule has 1 aromatic carbocycles. The number of hydrogen-bond donors (Lipinski definition) is 2. The largest absolute Gasteiger partial charge is 0.381 e. The van der Waals surface area contributed by atoms with Gasteiger partial charge in [0, 0.05) is 25.1 Å². The lowest BCUT2D eigenvalue weighted by molar-refractivity contribution is -0.384. The highest BCUT2D eigenvalue weighted by Crippen LogP contribution is 2.27. The molecule has 1 aliphatic heterocycles. The summed E-state index contributed by atoms with van der Waals surface area (Å²) < 4.78 is 27.6. The van der Waals surface area contributed by atoms with E-state index in [2.05, 4.69) is 5.32 Å². The molecule has 20 heavy (non-hydrogen) atoms. The molecule has 1 heterocycles. The first-order chi connectivity index (χ1) is 9.38. The number of nitrogens with one attached hydrogen (secondary N) is 1. The number of hydrogen-bond acceptors (Lipinski definition) is 6. The number of ether oxygens (including phenoxy) is 1. The second-order valence-electron chi connectivity index (χ2n) is 4.59. The van der Waals surface area contributed by atoms with Crippen LogP contribution in [-0.2, 0) is 14.8 Å². The van der Waals surface area contributed by atoms with Crippen molar-refractivity contribution in [1.82, 2.24) is 0 Å². The van der Waals surface area contributed by atoms with E-state index in [0.29, 0.717) is 25.7 Å². The molecule has 8 nitrogen and oxygen atoms in total. The lowest BCUT2D eigenvalue weighted by Gasteiger charge is -2.11. The van der Waals surface area contributed by atoms with E-state index in [-0.39, 0.29) is 16.3 Å². The van der Waals surface area contributed by atoms with E-state index in [1.54, 1.807) is 0 Å². The van der Waals surface area contributed by atoms with Crippen LogP contribution in [0.15, 0.2) is 23.1 Å². The zero-order chi connectivity index (χ0) is 14.8. The Kier molecular flexibility index (Phi) is 4.21. The van der Waals surface area contributed by atoms with Gasteiger partial charge in [-0.05, 0) is 18.6 Å². The van der Waals surface area contributed by atoms with E-state index < -0.39 is 14.9 Å². The molecule has 0 spiro atoms. The summed E-state index contributed by atoms with van der Waals surface area (Å²) in [7, 11) is -3.96.